The molecule has 104 valence electrons. The van der Waals surface area contributed by atoms with Gasteiger partial charge in [0.25, 0.3) is 0 Å². The van der Waals surface area contributed by atoms with Crippen molar-refractivity contribution in [3.05, 3.63) is 10.6 Å². The SMILES string of the molecule is Cc1nc(NC(=O)NC(CC(=O)O)C2CC2)sc1C. The van der Waals surface area contributed by atoms with Gasteiger partial charge in [0, 0.05) is 10.9 Å². The van der Waals surface area contributed by atoms with Crippen molar-refractivity contribution in [2.45, 2.75) is 39.2 Å². The summed E-state index contributed by atoms with van der Waals surface area (Å²) in [4.78, 5) is 27.8. The molecule has 0 spiro atoms. The molecule has 1 aliphatic rings. The molecule has 1 aromatic heterocycles. The third-order valence-electron chi connectivity index (χ3n) is 3.15. The highest BCUT2D eigenvalue weighted by atomic mass is 32.1. The van der Waals surface area contributed by atoms with E-state index in [4.69, 9.17) is 5.11 Å². The van der Waals surface area contributed by atoms with Gasteiger partial charge in [0.15, 0.2) is 5.13 Å². The number of thiazole rings is 1. The van der Waals surface area contributed by atoms with Crippen molar-refractivity contribution < 1.29 is 14.7 Å². The maximum absolute atomic E-state index is 11.8. The Hall–Kier alpha value is -1.63. The Morgan fingerprint density at radius 1 is 1.47 bits per heavy atom. The van der Waals surface area contributed by atoms with Crippen molar-refractivity contribution in [3.8, 4) is 0 Å². The van der Waals surface area contributed by atoms with E-state index in [1.165, 1.54) is 11.3 Å². The Bertz CT molecular complexity index is 477. The Balaban J connectivity index is 1.90. The fraction of sp³-hybridized carbons (Fsp3) is 0.583. The monoisotopic (exact) mass is 283 g/mol. The van der Waals surface area contributed by atoms with Gasteiger partial charge < -0.3 is 10.4 Å². The van der Waals surface area contributed by atoms with Crippen LogP contribution in [0.2, 0.25) is 0 Å². The molecule has 1 saturated carbocycles. The van der Waals surface area contributed by atoms with E-state index in [2.05, 4.69) is 15.6 Å². The number of hydrogen-bond acceptors (Lipinski definition) is 4. The van der Waals surface area contributed by atoms with E-state index >= 15 is 0 Å². The van der Waals surface area contributed by atoms with Gasteiger partial charge in [-0.25, -0.2) is 9.78 Å². The fourth-order valence-corrected chi connectivity index (χ4v) is 2.66. The molecular formula is C12H17N3O3S. The van der Waals surface area contributed by atoms with Gasteiger partial charge in [0.2, 0.25) is 0 Å². The Morgan fingerprint density at radius 2 is 2.16 bits per heavy atom. The highest BCUT2D eigenvalue weighted by Gasteiger charge is 2.33. The van der Waals surface area contributed by atoms with Crippen molar-refractivity contribution in [2.24, 2.45) is 5.92 Å². The van der Waals surface area contributed by atoms with Crippen LogP contribution in [0.15, 0.2) is 0 Å². The van der Waals surface area contributed by atoms with Crippen LogP contribution in [0.25, 0.3) is 0 Å². The molecule has 2 rings (SSSR count). The molecule has 6 nitrogen and oxygen atoms in total. The number of aryl methyl sites for hydroxylation is 2. The van der Waals surface area contributed by atoms with Gasteiger partial charge in [-0.1, -0.05) is 0 Å². The Kier molecular flexibility index (Phi) is 4.04. The molecule has 0 aromatic carbocycles. The number of urea groups is 1. The average Bonchev–Trinajstić information content (AvgIpc) is 3.06. The van der Waals surface area contributed by atoms with Crippen molar-refractivity contribution in [1.82, 2.24) is 10.3 Å². The van der Waals surface area contributed by atoms with E-state index < -0.39 is 5.97 Å². The first-order valence-electron chi connectivity index (χ1n) is 6.19. The lowest BCUT2D eigenvalue weighted by Crippen LogP contribution is -2.40. The van der Waals surface area contributed by atoms with E-state index in [0.29, 0.717) is 11.0 Å². The van der Waals surface area contributed by atoms with Gasteiger partial charge >= 0.3 is 12.0 Å². The largest absolute Gasteiger partial charge is 0.481 e. The highest BCUT2D eigenvalue weighted by Crippen LogP contribution is 2.34. The molecule has 2 amide bonds. The molecule has 0 saturated heterocycles. The molecule has 3 N–H and O–H groups in total. The van der Waals surface area contributed by atoms with E-state index in [9.17, 15) is 9.59 Å². The smallest absolute Gasteiger partial charge is 0.321 e. The van der Waals surface area contributed by atoms with E-state index in [-0.39, 0.29) is 18.5 Å². The maximum Gasteiger partial charge on any atom is 0.321 e. The van der Waals surface area contributed by atoms with Crippen LogP contribution in [0.1, 0.15) is 29.8 Å². The van der Waals surface area contributed by atoms with E-state index in [1.807, 2.05) is 13.8 Å². The molecule has 0 aliphatic heterocycles. The number of nitrogens with zero attached hydrogens (tertiary/aromatic N) is 1. The van der Waals surface area contributed by atoms with Crippen molar-refractivity contribution in [1.29, 1.82) is 0 Å². The van der Waals surface area contributed by atoms with Crippen LogP contribution in [0.5, 0.6) is 0 Å². The van der Waals surface area contributed by atoms with Crippen molar-refractivity contribution >= 4 is 28.5 Å². The lowest BCUT2D eigenvalue weighted by Gasteiger charge is -2.15. The number of rotatable bonds is 5. The van der Waals surface area contributed by atoms with Crippen LogP contribution in [0, 0.1) is 19.8 Å². The summed E-state index contributed by atoms with van der Waals surface area (Å²) in [5.41, 5.74) is 0.893. The Labute approximate surface area is 115 Å². The van der Waals surface area contributed by atoms with Gasteiger partial charge in [-0.2, -0.15) is 0 Å². The number of nitrogens with one attached hydrogen (secondary N) is 2. The van der Waals surface area contributed by atoms with Gasteiger partial charge in [-0.15, -0.1) is 11.3 Å². The minimum atomic E-state index is -0.891. The molecule has 1 unspecified atom stereocenters. The standard InChI is InChI=1S/C12H17N3O3S/c1-6-7(2)19-12(13-6)15-11(18)14-9(5-10(16)17)8-3-4-8/h8-9H,3-5H2,1-2H3,(H,16,17)(H2,13,14,15,18). The first-order chi connectivity index (χ1) is 8.95. The van der Waals surface area contributed by atoms with Crippen molar-refractivity contribution in [3.63, 3.8) is 0 Å². The van der Waals surface area contributed by atoms with Crippen LogP contribution < -0.4 is 10.6 Å². The molecule has 1 aromatic rings. The quantitative estimate of drug-likeness (QED) is 0.772. The molecule has 0 bridgehead atoms. The van der Waals surface area contributed by atoms with Gasteiger partial charge in [-0.3, -0.25) is 10.1 Å². The van der Waals surface area contributed by atoms with Crippen LogP contribution in [-0.4, -0.2) is 28.1 Å². The molecule has 0 radical (unpaired) electrons. The number of aromatic nitrogens is 1. The summed E-state index contributed by atoms with van der Waals surface area (Å²) in [6, 6.07) is -0.674. The van der Waals surface area contributed by atoms with Crippen LogP contribution in [0.3, 0.4) is 0 Å². The van der Waals surface area contributed by atoms with E-state index in [0.717, 1.165) is 23.4 Å². The number of carboxylic acid groups (broad SMARTS) is 1. The zero-order valence-electron chi connectivity index (χ0n) is 10.9. The van der Waals surface area contributed by atoms with Gasteiger partial charge in [-0.05, 0) is 32.6 Å². The molecule has 1 atom stereocenters. The Morgan fingerprint density at radius 3 is 2.63 bits per heavy atom. The molecule has 19 heavy (non-hydrogen) atoms. The lowest BCUT2D eigenvalue weighted by atomic mass is 10.1. The predicted molar refractivity (Wildman–Crippen MR) is 72.5 cm³/mol. The summed E-state index contributed by atoms with van der Waals surface area (Å²) in [5.74, 6) is -0.597. The minimum Gasteiger partial charge on any atom is -0.481 e. The summed E-state index contributed by atoms with van der Waals surface area (Å²) in [7, 11) is 0. The van der Waals surface area contributed by atoms with Crippen molar-refractivity contribution in [2.75, 3.05) is 5.32 Å². The predicted octanol–water partition coefficient (Wildman–Crippen LogP) is 2.13. The first kappa shape index (κ1) is 13.8. The lowest BCUT2D eigenvalue weighted by molar-refractivity contribution is -0.137. The van der Waals surface area contributed by atoms with Gasteiger partial charge in [0.1, 0.15) is 0 Å². The minimum absolute atomic E-state index is 0.0337. The normalized spacial score (nSPS) is 15.9. The molecular weight excluding hydrogens is 266 g/mol. The topological polar surface area (TPSA) is 91.3 Å². The summed E-state index contributed by atoms with van der Waals surface area (Å²) in [5, 5.41) is 14.7. The van der Waals surface area contributed by atoms with E-state index in [1.54, 1.807) is 0 Å². The number of carbonyl (C=O) groups is 2. The number of carbonyl (C=O) groups excluding carboxylic acids is 1. The maximum atomic E-state index is 11.8. The summed E-state index contributed by atoms with van der Waals surface area (Å²) < 4.78 is 0. The molecule has 1 fully saturated rings. The second-order valence-electron chi connectivity index (χ2n) is 4.80. The summed E-state index contributed by atoms with van der Waals surface area (Å²) in [6.07, 6.45) is 1.93. The first-order valence-corrected chi connectivity index (χ1v) is 7.00. The van der Waals surface area contributed by atoms with Gasteiger partial charge in [0.05, 0.1) is 12.1 Å². The number of hydrogen-bond donors (Lipinski definition) is 3. The third kappa shape index (κ3) is 3.92. The number of aliphatic carboxylic acids is 1. The summed E-state index contributed by atoms with van der Waals surface area (Å²) >= 11 is 1.41. The summed E-state index contributed by atoms with van der Waals surface area (Å²) in [6.45, 7) is 3.82. The molecule has 1 heterocycles. The number of anilines is 1. The molecule has 7 heteroatoms. The van der Waals surface area contributed by atoms with Crippen LogP contribution in [0.4, 0.5) is 9.93 Å². The highest BCUT2D eigenvalue weighted by molar-refractivity contribution is 7.15. The molecule has 1 aliphatic carbocycles. The fourth-order valence-electron chi connectivity index (χ4n) is 1.85. The second kappa shape index (κ2) is 5.56. The zero-order valence-corrected chi connectivity index (χ0v) is 11.7. The zero-order chi connectivity index (χ0) is 14.0. The number of amides is 2. The average molecular weight is 283 g/mol. The second-order valence-corrected chi connectivity index (χ2v) is 6.00. The number of carboxylic acids is 1. The van der Waals surface area contributed by atoms with Crippen LogP contribution >= 0.6 is 11.3 Å². The van der Waals surface area contributed by atoms with Crippen LogP contribution in [-0.2, 0) is 4.79 Å². The third-order valence-corrected chi connectivity index (χ3v) is 4.14.